The number of hydrogen-bond acceptors (Lipinski definition) is 6. The molecule has 0 amide bonds. The van der Waals surface area contributed by atoms with E-state index < -0.39 is 0 Å². The van der Waals surface area contributed by atoms with Crippen molar-refractivity contribution in [1.82, 2.24) is 15.0 Å². The van der Waals surface area contributed by atoms with Gasteiger partial charge in [0.15, 0.2) is 11.6 Å². The number of aryl methyl sites for hydroxylation is 1. The van der Waals surface area contributed by atoms with Crippen LogP contribution in [0.15, 0.2) is 36.7 Å². The molecule has 1 fully saturated rings. The second kappa shape index (κ2) is 6.55. The van der Waals surface area contributed by atoms with Gasteiger partial charge in [-0.3, -0.25) is 0 Å². The van der Waals surface area contributed by atoms with E-state index in [-0.39, 0.29) is 0 Å². The van der Waals surface area contributed by atoms with Crippen molar-refractivity contribution in [3.8, 4) is 11.6 Å². The zero-order chi connectivity index (χ0) is 17.2. The summed E-state index contributed by atoms with van der Waals surface area (Å²) in [5, 5.41) is 1.02. The molecule has 0 atom stereocenters. The summed E-state index contributed by atoms with van der Waals surface area (Å²) in [6, 6.07) is 9.86. The number of pyridine rings is 1. The molecule has 2 aromatic heterocycles. The summed E-state index contributed by atoms with van der Waals surface area (Å²) < 4.78 is 6.04. The molecule has 0 saturated carbocycles. The van der Waals surface area contributed by atoms with E-state index in [1.807, 2.05) is 37.3 Å². The number of para-hydroxylation sites is 1. The van der Waals surface area contributed by atoms with E-state index in [1.165, 1.54) is 12.7 Å². The number of nitrogen functional groups attached to an aromatic ring is 1. The van der Waals surface area contributed by atoms with Gasteiger partial charge in [0.2, 0.25) is 5.88 Å². The highest BCUT2D eigenvalue weighted by Gasteiger charge is 2.19. The minimum atomic E-state index is 0.381. The Morgan fingerprint density at radius 2 is 1.88 bits per heavy atom. The monoisotopic (exact) mass is 335 g/mol. The minimum Gasteiger partial charge on any atom is -0.435 e. The van der Waals surface area contributed by atoms with E-state index in [2.05, 4.69) is 19.9 Å². The van der Waals surface area contributed by atoms with Crippen LogP contribution in [0.5, 0.6) is 11.6 Å². The second-order valence-corrected chi connectivity index (χ2v) is 6.35. The molecular weight excluding hydrogens is 314 g/mol. The zero-order valence-electron chi connectivity index (χ0n) is 14.3. The first-order valence-electron chi connectivity index (χ1n) is 8.62. The fraction of sp³-hybridized carbons (Fsp3) is 0.316. The molecule has 1 aliphatic heterocycles. The van der Waals surface area contributed by atoms with Crippen LogP contribution in [0.25, 0.3) is 10.9 Å². The van der Waals surface area contributed by atoms with Crippen LogP contribution in [0, 0.1) is 6.92 Å². The Bertz CT molecular complexity index is 905. The van der Waals surface area contributed by atoms with Gasteiger partial charge >= 0.3 is 0 Å². The third-order valence-electron chi connectivity index (χ3n) is 4.51. The summed E-state index contributed by atoms with van der Waals surface area (Å²) in [5.41, 5.74) is 8.55. The molecule has 1 aromatic carbocycles. The van der Waals surface area contributed by atoms with Gasteiger partial charge in [0, 0.05) is 24.2 Å². The Morgan fingerprint density at radius 3 is 2.72 bits per heavy atom. The van der Waals surface area contributed by atoms with Crippen molar-refractivity contribution in [2.75, 3.05) is 23.7 Å². The van der Waals surface area contributed by atoms with Gasteiger partial charge in [0.1, 0.15) is 17.5 Å². The van der Waals surface area contributed by atoms with Crippen molar-refractivity contribution >= 4 is 22.4 Å². The number of ether oxygens (including phenoxy) is 1. The molecule has 1 aliphatic rings. The van der Waals surface area contributed by atoms with E-state index in [0.717, 1.165) is 48.3 Å². The van der Waals surface area contributed by atoms with Gasteiger partial charge in [-0.2, -0.15) is 4.98 Å². The van der Waals surface area contributed by atoms with Crippen LogP contribution in [-0.2, 0) is 0 Å². The molecule has 6 nitrogen and oxygen atoms in total. The number of benzene rings is 1. The van der Waals surface area contributed by atoms with Gasteiger partial charge in [0.05, 0.1) is 0 Å². The number of fused-ring (bicyclic) bond motifs is 1. The Hall–Kier alpha value is -2.89. The summed E-state index contributed by atoms with van der Waals surface area (Å²) in [6.45, 7) is 3.90. The quantitative estimate of drug-likeness (QED) is 0.786. The molecule has 4 rings (SSSR count). The average Bonchev–Trinajstić information content (AvgIpc) is 2.64. The molecule has 0 aliphatic carbocycles. The number of rotatable bonds is 3. The molecule has 25 heavy (non-hydrogen) atoms. The fourth-order valence-corrected chi connectivity index (χ4v) is 3.21. The molecular formula is C19H21N5O. The largest absolute Gasteiger partial charge is 0.435 e. The Kier molecular flexibility index (Phi) is 4.09. The molecule has 6 heteroatoms. The topological polar surface area (TPSA) is 77.2 Å². The van der Waals surface area contributed by atoms with E-state index >= 15 is 0 Å². The maximum atomic E-state index is 6.32. The maximum absolute atomic E-state index is 6.32. The summed E-state index contributed by atoms with van der Waals surface area (Å²) >= 11 is 0. The van der Waals surface area contributed by atoms with Crippen molar-refractivity contribution in [3.05, 3.63) is 42.4 Å². The van der Waals surface area contributed by atoms with Crippen LogP contribution in [0.1, 0.15) is 25.0 Å². The molecule has 1 saturated heterocycles. The Balaban J connectivity index is 1.71. The fourth-order valence-electron chi connectivity index (χ4n) is 3.21. The van der Waals surface area contributed by atoms with Crippen LogP contribution in [0.2, 0.25) is 0 Å². The first-order chi connectivity index (χ1) is 12.2. The van der Waals surface area contributed by atoms with Gasteiger partial charge < -0.3 is 15.4 Å². The van der Waals surface area contributed by atoms with Gasteiger partial charge in [-0.25, -0.2) is 9.97 Å². The highest BCUT2D eigenvalue weighted by molar-refractivity contribution is 5.85. The second-order valence-electron chi connectivity index (χ2n) is 6.35. The predicted molar refractivity (Wildman–Crippen MR) is 99.1 cm³/mol. The third kappa shape index (κ3) is 3.07. The minimum absolute atomic E-state index is 0.381. The van der Waals surface area contributed by atoms with Crippen molar-refractivity contribution in [1.29, 1.82) is 0 Å². The Morgan fingerprint density at radius 1 is 1.04 bits per heavy atom. The van der Waals surface area contributed by atoms with E-state index in [1.54, 1.807) is 0 Å². The molecule has 3 heterocycles. The number of aromatic nitrogens is 3. The van der Waals surface area contributed by atoms with Crippen molar-refractivity contribution in [2.24, 2.45) is 0 Å². The smallest absolute Gasteiger partial charge is 0.248 e. The molecule has 0 bridgehead atoms. The van der Waals surface area contributed by atoms with Gasteiger partial charge in [0.25, 0.3) is 0 Å². The van der Waals surface area contributed by atoms with Crippen molar-refractivity contribution in [3.63, 3.8) is 0 Å². The summed E-state index contributed by atoms with van der Waals surface area (Å²) in [7, 11) is 0. The van der Waals surface area contributed by atoms with Gasteiger partial charge in [-0.05, 0) is 38.3 Å². The molecule has 2 N–H and O–H groups in total. The standard InChI is InChI=1S/C19H21N5O/c1-13-8-9-14-6-5-7-15(17(14)23-13)25-19-16(20)18(21-12-22-19)24-10-3-2-4-11-24/h5-9,12H,2-4,10-11,20H2,1H3. The number of anilines is 2. The lowest BCUT2D eigenvalue weighted by Crippen LogP contribution is -2.31. The third-order valence-corrected chi connectivity index (χ3v) is 4.51. The van der Waals surface area contributed by atoms with Crippen LogP contribution in [0.3, 0.4) is 0 Å². The van der Waals surface area contributed by atoms with E-state index in [4.69, 9.17) is 10.5 Å². The lowest BCUT2D eigenvalue weighted by Gasteiger charge is -2.28. The van der Waals surface area contributed by atoms with E-state index in [9.17, 15) is 0 Å². The molecule has 0 spiro atoms. The molecule has 3 aromatic rings. The predicted octanol–water partition coefficient (Wildman–Crippen LogP) is 3.70. The van der Waals surface area contributed by atoms with Gasteiger partial charge in [-0.1, -0.05) is 18.2 Å². The first kappa shape index (κ1) is 15.6. The summed E-state index contributed by atoms with van der Waals surface area (Å²) in [5.74, 6) is 1.79. The van der Waals surface area contributed by atoms with E-state index in [0.29, 0.717) is 17.3 Å². The lowest BCUT2D eigenvalue weighted by atomic mass is 10.1. The van der Waals surface area contributed by atoms with Gasteiger partial charge in [-0.15, -0.1) is 0 Å². The van der Waals surface area contributed by atoms with Crippen LogP contribution in [-0.4, -0.2) is 28.0 Å². The number of nitrogens with zero attached hydrogens (tertiary/aromatic N) is 4. The zero-order valence-corrected chi connectivity index (χ0v) is 14.3. The number of piperidine rings is 1. The number of nitrogens with two attached hydrogens (primary N) is 1. The highest BCUT2D eigenvalue weighted by atomic mass is 16.5. The SMILES string of the molecule is Cc1ccc2cccc(Oc3ncnc(N4CCCCC4)c3N)c2n1. The summed E-state index contributed by atoms with van der Waals surface area (Å²) in [4.78, 5) is 15.4. The van der Waals surface area contributed by atoms with Crippen LogP contribution in [0.4, 0.5) is 11.5 Å². The molecule has 128 valence electrons. The molecule has 0 unspecified atom stereocenters. The molecule has 0 radical (unpaired) electrons. The van der Waals surface area contributed by atoms with Crippen LogP contribution < -0.4 is 15.4 Å². The lowest BCUT2D eigenvalue weighted by molar-refractivity contribution is 0.467. The normalized spacial score (nSPS) is 14.7. The Labute approximate surface area is 146 Å². The van der Waals surface area contributed by atoms with Crippen molar-refractivity contribution in [2.45, 2.75) is 26.2 Å². The van der Waals surface area contributed by atoms with Crippen LogP contribution >= 0.6 is 0 Å². The summed E-state index contributed by atoms with van der Waals surface area (Å²) in [6.07, 6.45) is 5.09. The highest BCUT2D eigenvalue weighted by Crippen LogP contribution is 2.34. The van der Waals surface area contributed by atoms with Crippen molar-refractivity contribution < 1.29 is 4.74 Å². The average molecular weight is 335 g/mol. The maximum Gasteiger partial charge on any atom is 0.248 e. The first-order valence-corrected chi connectivity index (χ1v) is 8.62. The number of hydrogen-bond donors (Lipinski definition) is 1.